The molecule has 0 aliphatic rings. The standard InChI is InChI=1S/C11H14ClNO/c1-13-6-2-3-10-7-9(8-14)4-5-11(10)12/h2-5,7,13-14H,6,8H2,1H3. The zero-order chi connectivity index (χ0) is 10.4. The van der Waals surface area contributed by atoms with Crippen molar-refractivity contribution in [2.24, 2.45) is 0 Å². The highest BCUT2D eigenvalue weighted by Gasteiger charge is 1.97. The lowest BCUT2D eigenvalue weighted by molar-refractivity contribution is 0.282. The first kappa shape index (κ1) is 11.2. The van der Waals surface area contributed by atoms with Crippen LogP contribution in [0.1, 0.15) is 11.1 Å². The number of benzene rings is 1. The topological polar surface area (TPSA) is 32.3 Å². The molecule has 2 nitrogen and oxygen atoms in total. The van der Waals surface area contributed by atoms with Gasteiger partial charge in [0.25, 0.3) is 0 Å². The minimum absolute atomic E-state index is 0.0457. The molecule has 0 amide bonds. The Morgan fingerprint density at radius 3 is 2.93 bits per heavy atom. The fraction of sp³-hybridized carbons (Fsp3) is 0.273. The molecule has 3 heteroatoms. The molecule has 0 radical (unpaired) electrons. The summed E-state index contributed by atoms with van der Waals surface area (Å²) in [6, 6.07) is 5.50. The molecule has 1 rings (SSSR count). The number of aliphatic hydroxyl groups is 1. The zero-order valence-electron chi connectivity index (χ0n) is 8.13. The van der Waals surface area contributed by atoms with Crippen LogP contribution in [0, 0.1) is 0 Å². The van der Waals surface area contributed by atoms with Gasteiger partial charge in [0.2, 0.25) is 0 Å². The van der Waals surface area contributed by atoms with Gasteiger partial charge in [0, 0.05) is 11.6 Å². The van der Waals surface area contributed by atoms with E-state index in [0.29, 0.717) is 5.02 Å². The van der Waals surface area contributed by atoms with Crippen molar-refractivity contribution in [3.63, 3.8) is 0 Å². The van der Waals surface area contributed by atoms with Gasteiger partial charge in [-0.15, -0.1) is 0 Å². The first-order chi connectivity index (χ1) is 6.77. The normalized spacial score (nSPS) is 11.1. The predicted molar refractivity (Wildman–Crippen MR) is 60.3 cm³/mol. The molecule has 0 saturated heterocycles. The number of likely N-dealkylation sites (N-methyl/N-ethyl adjacent to an activating group) is 1. The molecule has 0 aliphatic carbocycles. The van der Waals surface area contributed by atoms with E-state index in [1.54, 1.807) is 6.07 Å². The van der Waals surface area contributed by atoms with E-state index in [2.05, 4.69) is 5.32 Å². The van der Waals surface area contributed by atoms with E-state index in [-0.39, 0.29) is 6.61 Å². The van der Waals surface area contributed by atoms with Gasteiger partial charge < -0.3 is 10.4 Å². The van der Waals surface area contributed by atoms with Gasteiger partial charge in [-0.3, -0.25) is 0 Å². The summed E-state index contributed by atoms with van der Waals surface area (Å²) in [5.41, 5.74) is 1.81. The Balaban J connectivity index is 2.83. The molecule has 1 aromatic carbocycles. The Morgan fingerprint density at radius 2 is 2.29 bits per heavy atom. The number of aliphatic hydroxyl groups excluding tert-OH is 1. The Bertz CT molecular complexity index is 323. The molecular formula is C11H14ClNO. The summed E-state index contributed by atoms with van der Waals surface area (Å²) < 4.78 is 0. The van der Waals surface area contributed by atoms with E-state index in [1.165, 1.54) is 0 Å². The minimum atomic E-state index is 0.0457. The lowest BCUT2D eigenvalue weighted by atomic mass is 10.1. The lowest BCUT2D eigenvalue weighted by Gasteiger charge is -2.01. The van der Waals surface area contributed by atoms with Crippen molar-refractivity contribution in [3.05, 3.63) is 40.4 Å². The largest absolute Gasteiger partial charge is 0.392 e. The molecule has 0 saturated carbocycles. The third-order valence-electron chi connectivity index (χ3n) is 1.86. The van der Waals surface area contributed by atoms with Crippen molar-refractivity contribution in [3.8, 4) is 0 Å². The van der Waals surface area contributed by atoms with Crippen molar-refractivity contribution >= 4 is 17.7 Å². The van der Waals surface area contributed by atoms with E-state index in [1.807, 2.05) is 31.3 Å². The van der Waals surface area contributed by atoms with Crippen LogP contribution in [0.4, 0.5) is 0 Å². The summed E-state index contributed by atoms with van der Waals surface area (Å²) in [6.45, 7) is 0.851. The van der Waals surface area contributed by atoms with Crippen LogP contribution in [0.3, 0.4) is 0 Å². The second-order valence-corrected chi connectivity index (χ2v) is 3.38. The van der Waals surface area contributed by atoms with Crippen molar-refractivity contribution in [1.29, 1.82) is 0 Å². The predicted octanol–water partition coefficient (Wildman–Crippen LogP) is 2.06. The average molecular weight is 212 g/mol. The van der Waals surface area contributed by atoms with Crippen LogP contribution in [0.2, 0.25) is 5.02 Å². The number of nitrogens with one attached hydrogen (secondary N) is 1. The molecule has 0 aliphatic heterocycles. The fourth-order valence-electron chi connectivity index (χ4n) is 1.12. The van der Waals surface area contributed by atoms with Gasteiger partial charge in [0.1, 0.15) is 0 Å². The van der Waals surface area contributed by atoms with Crippen molar-refractivity contribution < 1.29 is 5.11 Å². The van der Waals surface area contributed by atoms with E-state index >= 15 is 0 Å². The molecule has 0 atom stereocenters. The highest BCUT2D eigenvalue weighted by atomic mass is 35.5. The van der Waals surface area contributed by atoms with Crippen molar-refractivity contribution in [1.82, 2.24) is 5.32 Å². The summed E-state index contributed by atoms with van der Waals surface area (Å²) in [4.78, 5) is 0. The van der Waals surface area contributed by atoms with Gasteiger partial charge in [0.15, 0.2) is 0 Å². The number of hydrogen-bond acceptors (Lipinski definition) is 2. The van der Waals surface area contributed by atoms with E-state index in [9.17, 15) is 0 Å². The molecule has 1 aromatic rings. The molecule has 14 heavy (non-hydrogen) atoms. The van der Waals surface area contributed by atoms with Crippen LogP contribution in [0.15, 0.2) is 24.3 Å². The Labute approximate surface area is 89.2 Å². The summed E-state index contributed by atoms with van der Waals surface area (Å²) in [7, 11) is 1.89. The maximum Gasteiger partial charge on any atom is 0.0682 e. The molecule has 0 bridgehead atoms. The third-order valence-corrected chi connectivity index (χ3v) is 2.21. The molecule has 0 spiro atoms. The third kappa shape index (κ3) is 3.14. The molecular weight excluding hydrogens is 198 g/mol. The van der Waals surface area contributed by atoms with Crippen LogP contribution in [0.5, 0.6) is 0 Å². The summed E-state index contributed by atoms with van der Waals surface area (Å²) in [6.07, 6.45) is 3.93. The van der Waals surface area contributed by atoms with E-state index < -0.39 is 0 Å². The van der Waals surface area contributed by atoms with Gasteiger partial charge in [-0.2, -0.15) is 0 Å². The highest BCUT2D eigenvalue weighted by molar-refractivity contribution is 6.32. The monoisotopic (exact) mass is 211 g/mol. The van der Waals surface area contributed by atoms with Gasteiger partial charge in [-0.05, 0) is 30.3 Å². The first-order valence-electron chi connectivity index (χ1n) is 4.48. The highest BCUT2D eigenvalue weighted by Crippen LogP contribution is 2.18. The van der Waals surface area contributed by atoms with Crippen LogP contribution in [-0.4, -0.2) is 18.7 Å². The number of hydrogen-bond donors (Lipinski definition) is 2. The molecule has 2 N–H and O–H groups in total. The van der Waals surface area contributed by atoms with Gasteiger partial charge in [-0.25, -0.2) is 0 Å². The molecule has 0 fully saturated rings. The van der Waals surface area contributed by atoms with E-state index in [4.69, 9.17) is 16.7 Å². The summed E-state index contributed by atoms with van der Waals surface area (Å²) in [5.74, 6) is 0. The lowest BCUT2D eigenvalue weighted by Crippen LogP contribution is -2.03. The quantitative estimate of drug-likeness (QED) is 0.799. The average Bonchev–Trinajstić information content (AvgIpc) is 2.21. The SMILES string of the molecule is CNCC=Cc1cc(CO)ccc1Cl. The van der Waals surface area contributed by atoms with Crippen LogP contribution in [0.25, 0.3) is 6.08 Å². The number of halogens is 1. The first-order valence-corrected chi connectivity index (χ1v) is 4.86. The van der Waals surface area contributed by atoms with Gasteiger partial charge in [-0.1, -0.05) is 29.8 Å². The second-order valence-electron chi connectivity index (χ2n) is 2.97. The van der Waals surface area contributed by atoms with Crippen LogP contribution in [-0.2, 0) is 6.61 Å². The Kier molecular flexibility index (Phi) is 4.66. The molecule has 0 aromatic heterocycles. The van der Waals surface area contributed by atoms with Gasteiger partial charge >= 0.3 is 0 Å². The molecule has 76 valence electrons. The van der Waals surface area contributed by atoms with Crippen LogP contribution < -0.4 is 5.32 Å². The minimum Gasteiger partial charge on any atom is -0.392 e. The summed E-state index contributed by atoms with van der Waals surface area (Å²) >= 11 is 5.98. The fourth-order valence-corrected chi connectivity index (χ4v) is 1.30. The van der Waals surface area contributed by atoms with Gasteiger partial charge in [0.05, 0.1) is 6.61 Å². The maximum atomic E-state index is 8.95. The second kappa shape index (κ2) is 5.81. The molecule has 0 heterocycles. The van der Waals surface area contributed by atoms with Crippen molar-refractivity contribution in [2.45, 2.75) is 6.61 Å². The smallest absolute Gasteiger partial charge is 0.0682 e. The maximum absolute atomic E-state index is 8.95. The molecule has 0 unspecified atom stereocenters. The Hall–Kier alpha value is -0.830. The number of rotatable bonds is 4. The van der Waals surface area contributed by atoms with E-state index in [0.717, 1.165) is 17.7 Å². The Morgan fingerprint density at radius 1 is 1.50 bits per heavy atom. The van der Waals surface area contributed by atoms with Crippen molar-refractivity contribution in [2.75, 3.05) is 13.6 Å². The summed E-state index contributed by atoms with van der Waals surface area (Å²) in [5, 5.41) is 12.7. The zero-order valence-corrected chi connectivity index (χ0v) is 8.88. The van der Waals surface area contributed by atoms with Crippen LogP contribution >= 0.6 is 11.6 Å².